The van der Waals surface area contributed by atoms with Crippen LogP contribution in [0.5, 0.6) is 0 Å². The highest BCUT2D eigenvalue weighted by Crippen LogP contribution is 2.41. The quantitative estimate of drug-likeness (QED) is 0.350. The minimum atomic E-state index is -3.13. The van der Waals surface area contributed by atoms with Crippen molar-refractivity contribution in [1.82, 2.24) is 19.9 Å². The van der Waals surface area contributed by atoms with Gasteiger partial charge in [-0.15, -0.1) is 11.3 Å². The van der Waals surface area contributed by atoms with Gasteiger partial charge in [-0.1, -0.05) is 0 Å². The summed E-state index contributed by atoms with van der Waals surface area (Å²) in [7, 11) is 1.58. The van der Waals surface area contributed by atoms with E-state index in [0.29, 0.717) is 41.2 Å². The molecule has 3 aromatic heterocycles. The van der Waals surface area contributed by atoms with Gasteiger partial charge in [0.1, 0.15) is 22.4 Å². The molecule has 0 amide bonds. The summed E-state index contributed by atoms with van der Waals surface area (Å²) in [5.74, 6) is -3.84. The Morgan fingerprint density at radius 1 is 1.18 bits per heavy atom. The number of hydrogen-bond donors (Lipinski definition) is 4. The number of methoxy groups -OCH3 is 1. The van der Waals surface area contributed by atoms with Gasteiger partial charge in [-0.2, -0.15) is 4.98 Å². The fraction of sp³-hybridized carbons (Fsp3) is 0.545. The lowest BCUT2D eigenvalue weighted by atomic mass is 9.98. The predicted molar refractivity (Wildman–Crippen MR) is 126 cm³/mol. The number of halogens is 2. The number of ether oxygens (including phenoxy) is 1. The van der Waals surface area contributed by atoms with Crippen molar-refractivity contribution in [2.75, 3.05) is 30.9 Å². The Kier molecular flexibility index (Phi) is 6.94. The smallest absolute Gasteiger partial charge is 0.250 e. The average Bonchev–Trinajstić information content (AvgIpc) is 3.31. The molecule has 0 aliphatic heterocycles. The molecule has 0 aromatic carbocycles. The summed E-state index contributed by atoms with van der Waals surface area (Å²) in [6, 6.07) is 1.04. The van der Waals surface area contributed by atoms with E-state index in [2.05, 4.69) is 25.6 Å². The Morgan fingerprint density at radius 3 is 2.59 bits per heavy atom. The molecule has 184 valence electrons. The van der Waals surface area contributed by atoms with Crippen molar-refractivity contribution in [3.05, 3.63) is 23.7 Å². The largest absolute Gasteiger partial charge is 0.390 e. The summed E-state index contributed by atoms with van der Waals surface area (Å²) in [4.78, 5) is 18.1. The van der Waals surface area contributed by atoms with Crippen molar-refractivity contribution < 1.29 is 23.7 Å². The molecule has 0 spiro atoms. The number of hydrogen-bond acceptors (Lipinski definition) is 10. The third-order valence-corrected chi connectivity index (χ3v) is 7.08. The van der Waals surface area contributed by atoms with Gasteiger partial charge in [-0.25, -0.2) is 18.7 Å². The summed E-state index contributed by atoms with van der Waals surface area (Å²) < 4.78 is 34.0. The Bertz CT molecular complexity index is 1170. The normalized spacial score (nSPS) is 22.9. The van der Waals surface area contributed by atoms with Gasteiger partial charge in [0.15, 0.2) is 0 Å². The highest BCUT2D eigenvalue weighted by molar-refractivity contribution is 7.21. The van der Waals surface area contributed by atoms with E-state index >= 15 is 0 Å². The van der Waals surface area contributed by atoms with E-state index in [-0.39, 0.29) is 6.42 Å². The predicted octanol–water partition coefficient (Wildman–Crippen LogP) is 3.00. The van der Waals surface area contributed by atoms with Gasteiger partial charge < -0.3 is 25.6 Å². The molecule has 1 saturated carbocycles. The molecule has 0 bridgehead atoms. The molecule has 3 heterocycles. The lowest BCUT2D eigenvalue weighted by Crippen LogP contribution is -2.38. The monoisotopic (exact) mass is 494 g/mol. The first kappa shape index (κ1) is 24.6. The maximum atomic E-state index is 14.0. The topological polar surface area (TPSA) is 125 Å². The summed E-state index contributed by atoms with van der Waals surface area (Å²) in [5.41, 5.74) is 2.77. The lowest BCUT2D eigenvalue weighted by molar-refractivity contribution is -0.0950. The van der Waals surface area contributed by atoms with E-state index < -0.39 is 30.1 Å². The molecular weight excluding hydrogens is 466 g/mol. The standard InChI is InChI=1S/C22H28F2N6O3S/c1-10-15(20-29-16-11(2)25-6-5-14(16)34-20)19(30-21(27-10)26-7-8-33-4)28-13-9-12(22(3,23)24)17(31)18(13)32/h5-6,12-13,17-18,31-32H,7-9H2,1-4H3,(H2,26,27,28,30)/t12-,13+,17+,18-/m0/s1. The van der Waals surface area contributed by atoms with E-state index in [1.807, 2.05) is 19.9 Å². The molecule has 0 unspecified atom stereocenters. The molecule has 1 aliphatic rings. The molecule has 1 aliphatic carbocycles. The van der Waals surface area contributed by atoms with Crippen LogP contribution in [0.25, 0.3) is 20.8 Å². The van der Waals surface area contributed by atoms with Crippen molar-refractivity contribution in [3.63, 3.8) is 0 Å². The molecular formula is C22H28F2N6O3S. The van der Waals surface area contributed by atoms with Gasteiger partial charge in [-0.05, 0) is 33.3 Å². The molecule has 12 heteroatoms. The zero-order chi connectivity index (χ0) is 24.6. The van der Waals surface area contributed by atoms with Crippen LogP contribution in [0.3, 0.4) is 0 Å². The Morgan fingerprint density at radius 2 is 1.94 bits per heavy atom. The number of fused-ring (bicyclic) bond motifs is 1. The Labute approximate surface area is 199 Å². The molecule has 0 radical (unpaired) electrons. The van der Waals surface area contributed by atoms with Crippen molar-refractivity contribution in [1.29, 1.82) is 0 Å². The summed E-state index contributed by atoms with van der Waals surface area (Å²) in [6.07, 6.45) is -1.35. The van der Waals surface area contributed by atoms with Crippen LogP contribution >= 0.6 is 11.3 Å². The van der Waals surface area contributed by atoms with E-state index in [1.165, 1.54) is 11.3 Å². The van der Waals surface area contributed by atoms with Crippen LogP contribution in [0, 0.1) is 19.8 Å². The van der Waals surface area contributed by atoms with Crippen LogP contribution in [0.1, 0.15) is 24.7 Å². The molecule has 3 aromatic rings. The summed E-state index contributed by atoms with van der Waals surface area (Å²) in [6.45, 7) is 5.35. The first-order valence-electron chi connectivity index (χ1n) is 10.9. The van der Waals surface area contributed by atoms with Gasteiger partial charge in [0.05, 0.1) is 46.3 Å². The second-order valence-electron chi connectivity index (χ2n) is 8.57. The summed E-state index contributed by atoms with van der Waals surface area (Å²) >= 11 is 1.44. The third kappa shape index (κ3) is 4.81. The fourth-order valence-corrected chi connectivity index (χ4v) is 5.33. The number of pyridine rings is 1. The second kappa shape index (κ2) is 9.61. The number of rotatable bonds is 8. The first-order chi connectivity index (χ1) is 16.1. The maximum Gasteiger partial charge on any atom is 0.250 e. The molecule has 0 saturated heterocycles. The molecule has 4 rings (SSSR count). The van der Waals surface area contributed by atoms with E-state index in [4.69, 9.17) is 9.72 Å². The molecule has 1 fully saturated rings. The fourth-order valence-electron chi connectivity index (χ4n) is 4.22. The van der Waals surface area contributed by atoms with Crippen molar-refractivity contribution in [2.45, 2.75) is 51.4 Å². The molecule has 34 heavy (non-hydrogen) atoms. The van der Waals surface area contributed by atoms with E-state index in [9.17, 15) is 19.0 Å². The zero-order valence-electron chi connectivity index (χ0n) is 19.3. The number of nitrogens with one attached hydrogen (secondary N) is 2. The third-order valence-electron chi connectivity index (χ3n) is 6.04. The highest BCUT2D eigenvalue weighted by Gasteiger charge is 2.51. The van der Waals surface area contributed by atoms with E-state index in [1.54, 1.807) is 13.3 Å². The van der Waals surface area contributed by atoms with E-state index in [0.717, 1.165) is 22.8 Å². The SMILES string of the molecule is COCCNc1nc(C)c(-c2nc3c(C)nccc3s2)c(N[C@@H]2C[C@H](C(C)(F)F)[C@@H](O)[C@H]2O)n1. The Balaban J connectivity index is 1.75. The number of aliphatic hydroxyl groups excluding tert-OH is 2. The highest BCUT2D eigenvalue weighted by atomic mass is 32.1. The average molecular weight is 495 g/mol. The number of aromatic nitrogens is 4. The van der Waals surface area contributed by atoms with Gasteiger partial charge in [0.25, 0.3) is 5.92 Å². The van der Waals surface area contributed by atoms with Crippen LogP contribution < -0.4 is 10.6 Å². The van der Waals surface area contributed by atoms with Crippen LogP contribution in [0.2, 0.25) is 0 Å². The number of aryl methyl sites for hydroxylation is 2. The van der Waals surface area contributed by atoms with Gasteiger partial charge >= 0.3 is 0 Å². The number of anilines is 2. The van der Waals surface area contributed by atoms with Crippen LogP contribution in [0.4, 0.5) is 20.5 Å². The van der Waals surface area contributed by atoms with Gasteiger partial charge in [-0.3, -0.25) is 4.98 Å². The first-order valence-corrected chi connectivity index (χ1v) is 11.8. The number of alkyl halides is 2. The zero-order valence-corrected chi connectivity index (χ0v) is 20.2. The Hall–Kier alpha value is -2.54. The minimum Gasteiger partial charge on any atom is -0.390 e. The van der Waals surface area contributed by atoms with Crippen LogP contribution in [-0.4, -0.2) is 74.6 Å². The summed E-state index contributed by atoms with van der Waals surface area (Å²) in [5, 5.41) is 27.6. The number of nitrogens with zero attached hydrogens (tertiary/aromatic N) is 4. The lowest BCUT2D eigenvalue weighted by Gasteiger charge is -2.22. The van der Waals surface area contributed by atoms with Crippen molar-refractivity contribution in [3.8, 4) is 10.6 Å². The molecule has 9 nitrogen and oxygen atoms in total. The molecule has 4 N–H and O–H groups in total. The number of thiazole rings is 1. The second-order valence-corrected chi connectivity index (χ2v) is 9.60. The van der Waals surface area contributed by atoms with Crippen molar-refractivity contribution >= 4 is 33.3 Å². The maximum absolute atomic E-state index is 14.0. The van der Waals surface area contributed by atoms with Gasteiger partial charge in [0.2, 0.25) is 5.95 Å². The molecule has 4 atom stereocenters. The van der Waals surface area contributed by atoms with Gasteiger partial charge in [0, 0.05) is 19.9 Å². The van der Waals surface area contributed by atoms with Crippen molar-refractivity contribution in [2.24, 2.45) is 5.92 Å². The minimum absolute atomic E-state index is 0.121. The van der Waals surface area contributed by atoms with Crippen LogP contribution in [0.15, 0.2) is 12.3 Å². The van der Waals surface area contributed by atoms with Crippen LogP contribution in [-0.2, 0) is 4.74 Å². The number of aliphatic hydroxyl groups is 2.